The monoisotopic (exact) mass is 257 g/mol. The molecule has 2 atom stereocenters. The van der Waals surface area contributed by atoms with Gasteiger partial charge in [0.05, 0.1) is 11.4 Å². The molecular weight excluding hydrogens is 238 g/mol. The molecule has 17 heavy (non-hydrogen) atoms. The smallest absolute Gasteiger partial charge is 0.155 e. The summed E-state index contributed by atoms with van der Waals surface area (Å²) in [4.78, 5) is 0. The summed E-state index contributed by atoms with van der Waals surface area (Å²) in [6, 6.07) is 6.71. The zero-order chi connectivity index (χ0) is 13.1. The van der Waals surface area contributed by atoms with E-state index in [0.717, 1.165) is 0 Å². The van der Waals surface area contributed by atoms with E-state index in [-0.39, 0.29) is 5.75 Å². The van der Waals surface area contributed by atoms with Gasteiger partial charge in [0.1, 0.15) is 0 Å². The second-order valence-corrected chi connectivity index (χ2v) is 6.52. The number of nitrogens with two attached hydrogens (primary N) is 1. The minimum Gasteiger partial charge on any atom is -0.399 e. The highest BCUT2D eigenvalue weighted by molar-refractivity contribution is 7.92. The fourth-order valence-electron chi connectivity index (χ4n) is 1.85. The van der Waals surface area contributed by atoms with Gasteiger partial charge in [0.25, 0.3) is 0 Å². The first-order chi connectivity index (χ1) is 7.92. The molecule has 0 heterocycles. The average molecular weight is 257 g/mol. The number of anilines is 1. The van der Waals surface area contributed by atoms with Crippen LogP contribution in [-0.4, -0.2) is 24.5 Å². The van der Waals surface area contributed by atoms with Crippen molar-refractivity contribution in [1.29, 1.82) is 0 Å². The Kier molecular flexibility index (Phi) is 4.54. The lowest BCUT2D eigenvalue weighted by atomic mass is 10.0. The number of sulfone groups is 1. The van der Waals surface area contributed by atoms with Gasteiger partial charge >= 0.3 is 0 Å². The van der Waals surface area contributed by atoms with Gasteiger partial charge in [0.2, 0.25) is 0 Å². The van der Waals surface area contributed by atoms with Crippen molar-refractivity contribution in [3.05, 3.63) is 29.8 Å². The molecule has 4 nitrogen and oxygen atoms in total. The van der Waals surface area contributed by atoms with Gasteiger partial charge in [-0.15, -0.1) is 0 Å². The van der Waals surface area contributed by atoms with E-state index in [1.54, 1.807) is 38.1 Å². The van der Waals surface area contributed by atoms with Crippen LogP contribution in [0.25, 0.3) is 0 Å². The Balaban J connectivity index is 3.06. The van der Waals surface area contributed by atoms with Crippen LogP contribution in [0.5, 0.6) is 0 Å². The predicted molar refractivity (Wildman–Crippen MR) is 69.4 cm³/mol. The highest BCUT2D eigenvalue weighted by Crippen LogP contribution is 2.26. The van der Waals surface area contributed by atoms with E-state index in [1.807, 2.05) is 0 Å². The van der Waals surface area contributed by atoms with Crippen LogP contribution in [0.1, 0.15) is 31.9 Å². The summed E-state index contributed by atoms with van der Waals surface area (Å²) >= 11 is 0. The van der Waals surface area contributed by atoms with Gasteiger partial charge < -0.3 is 10.8 Å². The van der Waals surface area contributed by atoms with Gasteiger partial charge in [-0.05, 0) is 24.1 Å². The van der Waals surface area contributed by atoms with Gasteiger partial charge in [-0.25, -0.2) is 8.42 Å². The van der Waals surface area contributed by atoms with E-state index >= 15 is 0 Å². The molecule has 0 radical (unpaired) electrons. The second kappa shape index (κ2) is 5.51. The molecule has 0 fully saturated rings. The van der Waals surface area contributed by atoms with Crippen molar-refractivity contribution in [2.75, 3.05) is 11.5 Å². The zero-order valence-corrected chi connectivity index (χ0v) is 10.9. The number of nitrogen functional groups attached to an aromatic ring is 1. The Morgan fingerprint density at radius 3 is 2.47 bits per heavy atom. The Bertz CT molecular complexity index is 470. The van der Waals surface area contributed by atoms with Crippen molar-refractivity contribution in [2.45, 2.75) is 31.6 Å². The quantitative estimate of drug-likeness (QED) is 0.784. The van der Waals surface area contributed by atoms with E-state index in [2.05, 4.69) is 0 Å². The molecule has 0 aromatic heterocycles. The predicted octanol–water partition coefficient (Wildman–Crippen LogP) is 1.52. The fraction of sp³-hybridized carbons (Fsp3) is 0.500. The molecule has 0 saturated carbocycles. The lowest BCUT2D eigenvalue weighted by molar-refractivity contribution is 0.169. The molecule has 0 unspecified atom stereocenters. The van der Waals surface area contributed by atoms with Crippen molar-refractivity contribution in [3.63, 3.8) is 0 Å². The van der Waals surface area contributed by atoms with Crippen LogP contribution in [0.3, 0.4) is 0 Å². The molecule has 0 aliphatic carbocycles. The van der Waals surface area contributed by atoms with Crippen LogP contribution in [0.4, 0.5) is 5.69 Å². The molecule has 1 aromatic rings. The Morgan fingerprint density at radius 2 is 2.00 bits per heavy atom. The standard InChI is InChI=1S/C12H19NO3S/c1-3-11(17(15,16)4-2)12(14)9-6-5-7-10(13)8-9/h5-8,11-12,14H,3-4,13H2,1-2H3/t11-,12-/m1/s1. The van der Waals surface area contributed by atoms with Crippen LogP contribution in [0.15, 0.2) is 24.3 Å². The van der Waals surface area contributed by atoms with Crippen molar-refractivity contribution >= 4 is 15.5 Å². The molecule has 0 bridgehead atoms. The summed E-state index contributed by atoms with van der Waals surface area (Å²) in [7, 11) is -3.26. The first kappa shape index (κ1) is 14.0. The lowest BCUT2D eigenvalue weighted by Crippen LogP contribution is -2.29. The van der Waals surface area contributed by atoms with E-state index in [1.165, 1.54) is 0 Å². The third kappa shape index (κ3) is 3.20. The number of hydrogen-bond acceptors (Lipinski definition) is 4. The topological polar surface area (TPSA) is 80.4 Å². The molecule has 5 heteroatoms. The molecule has 3 N–H and O–H groups in total. The van der Waals surface area contributed by atoms with Gasteiger partial charge in [-0.1, -0.05) is 26.0 Å². The molecule has 0 aliphatic heterocycles. The first-order valence-electron chi connectivity index (χ1n) is 5.67. The van der Waals surface area contributed by atoms with Crippen molar-refractivity contribution in [1.82, 2.24) is 0 Å². The van der Waals surface area contributed by atoms with Crippen molar-refractivity contribution in [2.24, 2.45) is 0 Å². The van der Waals surface area contributed by atoms with Crippen LogP contribution in [-0.2, 0) is 9.84 Å². The highest BCUT2D eigenvalue weighted by atomic mass is 32.2. The maximum Gasteiger partial charge on any atom is 0.155 e. The van der Waals surface area contributed by atoms with Crippen LogP contribution < -0.4 is 5.73 Å². The molecule has 0 saturated heterocycles. The molecule has 0 spiro atoms. The van der Waals surface area contributed by atoms with Gasteiger partial charge in [0, 0.05) is 11.4 Å². The van der Waals surface area contributed by atoms with Gasteiger partial charge in [-0.2, -0.15) is 0 Å². The second-order valence-electron chi connectivity index (χ2n) is 4.01. The largest absolute Gasteiger partial charge is 0.399 e. The molecule has 1 aromatic carbocycles. The Morgan fingerprint density at radius 1 is 1.35 bits per heavy atom. The number of rotatable bonds is 5. The fourth-order valence-corrected chi connectivity index (χ4v) is 3.33. The van der Waals surface area contributed by atoms with E-state index in [4.69, 9.17) is 5.73 Å². The average Bonchev–Trinajstić information content (AvgIpc) is 2.29. The minimum atomic E-state index is -3.26. The van der Waals surface area contributed by atoms with Crippen molar-refractivity contribution < 1.29 is 13.5 Å². The molecule has 1 rings (SSSR count). The van der Waals surface area contributed by atoms with Crippen LogP contribution in [0, 0.1) is 0 Å². The summed E-state index contributed by atoms with van der Waals surface area (Å²) in [5, 5.41) is 9.37. The number of aliphatic hydroxyl groups excluding tert-OH is 1. The van der Waals surface area contributed by atoms with Gasteiger partial charge in [0.15, 0.2) is 9.84 Å². The van der Waals surface area contributed by atoms with Gasteiger partial charge in [-0.3, -0.25) is 0 Å². The Hall–Kier alpha value is -1.07. The lowest BCUT2D eigenvalue weighted by Gasteiger charge is -2.21. The number of aliphatic hydroxyl groups is 1. The molecular formula is C12H19NO3S. The highest BCUT2D eigenvalue weighted by Gasteiger charge is 2.30. The van der Waals surface area contributed by atoms with Crippen molar-refractivity contribution in [3.8, 4) is 0 Å². The number of benzene rings is 1. The minimum absolute atomic E-state index is 0.0326. The maximum absolute atomic E-state index is 11.8. The molecule has 0 aliphatic rings. The molecule has 96 valence electrons. The van der Waals surface area contributed by atoms with E-state index < -0.39 is 21.2 Å². The third-order valence-corrected chi connectivity index (χ3v) is 5.19. The van der Waals surface area contributed by atoms with Crippen LogP contribution >= 0.6 is 0 Å². The normalized spacial score (nSPS) is 15.5. The third-order valence-electron chi connectivity index (χ3n) is 2.87. The van der Waals surface area contributed by atoms with Crippen LogP contribution in [0.2, 0.25) is 0 Å². The summed E-state index contributed by atoms with van der Waals surface area (Å²) in [5.74, 6) is 0.0326. The zero-order valence-electron chi connectivity index (χ0n) is 10.1. The number of hydrogen-bond donors (Lipinski definition) is 2. The Labute approximate surface area is 102 Å². The van der Waals surface area contributed by atoms with E-state index in [0.29, 0.717) is 17.7 Å². The van der Waals surface area contributed by atoms with E-state index in [9.17, 15) is 13.5 Å². The first-order valence-corrected chi connectivity index (χ1v) is 7.39. The summed E-state index contributed by atoms with van der Waals surface area (Å²) < 4.78 is 23.7. The summed E-state index contributed by atoms with van der Waals surface area (Å²) in [6.07, 6.45) is -0.639. The summed E-state index contributed by atoms with van der Waals surface area (Å²) in [5.41, 5.74) is 6.69. The molecule has 0 amide bonds. The maximum atomic E-state index is 11.8. The SMILES string of the molecule is CC[C@H]([C@H](O)c1cccc(N)c1)S(=O)(=O)CC. The summed E-state index contributed by atoms with van der Waals surface area (Å²) in [6.45, 7) is 3.34.